The van der Waals surface area contributed by atoms with Crippen LogP contribution in [0.3, 0.4) is 0 Å². The highest BCUT2D eigenvalue weighted by Gasteiger charge is 2.22. The van der Waals surface area contributed by atoms with Gasteiger partial charge >= 0.3 is 0 Å². The zero-order valence-electron chi connectivity index (χ0n) is 20.4. The Hall–Kier alpha value is -3.55. The van der Waals surface area contributed by atoms with Gasteiger partial charge in [0.25, 0.3) is 5.91 Å². The van der Waals surface area contributed by atoms with Gasteiger partial charge in [0.2, 0.25) is 10.0 Å². The number of hydrogen-bond acceptors (Lipinski definition) is 8. The van der Waals surface area contributed by atoms with Crippen LogP contribution in [0.25, 0.3) is 16.6 Å². The standard InChI is InChI=1S/C23H29N9O3S/c1-14-11-32-13-20(27-22(32)18(26-14)10-25-36(3,34)35)28-23(33)16-4-5-19(17-12-30(2)29-21(16)17)31-8-6-15(24)7-9-31/h4-5,11-13,15,25H,6-10,24H2,1-3H3,(H,28,33). The average Bonchev–Trinajstić information content (AvgIpc) is 3.39. The van der Waals surface area contributed by atoms with Crippen molar-refractivity contribution in [3.63, 3.8) is 0 Å². The molecule has 0 unspecified atom stereocenters. The van der Waals surface area contributed by atoms with Crippen LogP contribution in [0.2, 0.25) is 0 Å². The fourth-order valence-electron chi connectivity index (χ4n) is 4.57. The van der Waals surface area contributed by atoms with E-state index in [9.17, 15) is 13.2 Å². The predicted octanol–water partition coefficient (Wildman–Crippen LogP) is 1.15. The van der Waals surface area contributed by atoms with Gasteiger partial charge in [-0.2, -0.15) is 5.10 Å². The first-order valence-corrected chi connectivity index (χ1v) is 13.5. The molecule has 0 radical (unpaired) electrons. The van der Waals surface area contributed by atoms with E-state index in [1.54, 1.807) is 34.5 Å². The van der Waals surface area contributed by atoms with Crippen molar-refractivity contribution >= 4 is 44.0 Å². The highest BCUT2D eigenvalue weighted by atomic mass is 32.2. The Labute approximate surface area is 208 Å². The summed E-state index contributed by atoms with van der Waals surface area (Å²) in [7, 11) is -1.57. The van der Waals surface area contributed by atoms with Gasteiger partial charge in [-0.25, -0.2) is 18.1 Å². The van der Waals surface area contributed by atoms with E-state index >= 15 is 0 Å². The lowest BCUT2D eigenvalue weighted by molar-refractivity contribution is 0.102. The third kappa shape index (κ3) is 4.90. The van der Waals surface area contributed by atoms with E-state index in [1.165, 1.54) is 0 Å². The third-order valence-electron chi connectivity index (χ3n) is 6.26. The molecule has 4 aromatic rings. The van der Waals surface area contributed by atoms with Crippen LogP contribution in [-0.4, -0.2) is 63.9 Å². The smallest absolute Gasteiger partial charge is 0.259 e. The van der Waals surface area contributed by atoms with Gasteiger partial charge < -0.3 is 20.4 Å². The minimum absolute atomic E-state index is 0.00810. The molecule has 190 valence electrons. The number of piperidine rings is 1. The first-order chi connectivity index (χ1) is 17.1. The third-order valence-corrected chi connectivity index (χ3v) is 6.93. The average molecular weight is 512 g/mol. The number of amides is 1. The lowest BCUT2D eigenvalue weighted by atomic mass is 10.0. The summed E-state index contributed by atoms with van der Waals surface area (Å²) in [6.07, 6.45) is 8.30. The molecular weight excluding hydrogens is 482 g/mol. The summed E-state index contributed by atoms with van der Waals surface area (Å²) in [5.41, 5.74) is 9.76. The number of hydrogen-bond donors (Lipinski definition) is 3. The van der Waals surface area contributed by atoms with Crippen LogP contribution in [0.5, 0.6) is 0 Å². The van der Waals surface area contributed by atoms with E-state index in [1.807, 2.05) is 19.3 Å². The van der Waals surface area contributed by atoms with Crippen molar-refractivity contribution in [2.24, 2.45) is 12.8 Å². The number of anilines is 2. The molecule has 1 aromatic carbocycles. The number of fused-ring (bicyclic) bond motifs is 2. The van der Waals surface area contributed by atoms with Crippen LogP contribution in [0, 0.1) is 6.92 Å². The highest BCUT2D eigenvalue weighted by molar-refractivity contribution is 7.88. The number of aromatic nitrogens is 5. The Bertz CT molecular complexity index is 1570. The molecule has 0 aliphatic carbocycles. The maximum Gasteiger partial charge on any atom is 0.259 e. The van der Waals surface area contributed by atoms with Crippen LogP contribution in [0.1, 0.15) is 34.6 Å². The van der Waals surface area contributed by atoms with Gasteiger partial charge in [-0.15, -0.1) is 0 Å². The molecule has 1 saturated heterocycles. The maximum absolute atomic E-state index is 13.3. The van der Waals surface area contributed by atoms with E-state index in [-0.39, 0.29) is 18.5 Å². The van der Waals surface area contributed by atoms with Crippen LogP contribution in [0.15, 0.2) is 30.7 Å². The van der Waals surface area contributed by atoms with E-state index in [4.69, 9.17) is 5.73 Å². The molecule has 0 spiro atoms. The number of carbonyl (C=O) groups is 1. The Kier molecular flexibility index (Phi) is 6.14. The number of aryl methyl sites for hydroxylation is 2. The molecule has 3 aromatic heterocycles. The second kappa shape index (κ2) is 9.15. The van der Waals surface area contributed by atoms with Crippen LogP contribution >= 0.6 is 0 Å². The number of imidazole rings is 1. The molecular formula is C23H29N9O3S. The van der Waals surface area contributed by atoms with Crippen molar-refractivity contribution in [2.45, 2.75) is 32.4 Å². The normalized spacial score (nSPS) is 15.2. The summed E-state index contributed by atoms with van der Waals surface area (Å²) < 4.78 is 29.0. The molecule has 1 aliphatic rings. The molecule has 4 heterocycles. The van der Waals surface area contributed by atoms with Crippen molar-refractivity contribution in [1.82, 2.24) is 28.9 Å². The molecule has 0 saturated carbocycles. The summed E-state index contributed by atoms with van der Waals surface area (Å²) in [4.78, 5) is 24.5. The van der Waals surface area contributed by atoms with Gasteiger partial charge in [-0.1, -0.05) is 0 Å². The fourth-order valence-corrected chi connectivity index (χ4v) is 4.96. The van der Waals surface area contributed by atoms with Crippen LogP contribution in [-0.2, 0) is 23.6 Å². The molecule has 1 amide bonds. The van der Waals surface area contributed by atoms with Crippen molar-refractivity contribution in [1.29, 1.82) is 0 Å². The van der Waals surface area contributed by atoms with Crippen molar-refractivity contribution < 1.29 is 13.2 Å². The maximum atomic E-state index is 13.3. The molecule has 1 aliphatic heterocycles. The Morgan fingerprint density at radius 3 is 2.64 bits per heavy atom. The minimum Gasteiger partial charge on any atom is -0.371 e. The fraction of sp³-hybridized carbons (Fsp3) is 0.391. The number of benzene rings is 1. The van der Waals surface area contributed by atoms with E-state index < -0.39 is 10.0 Å². The SMILES string of the molecule is Cc1cn2cc(NC(=O)c3ccc(N4CCC(N)CC4)c4cn(C)nc34)nc2c(CNS(C)(=O)=O)n1. The highest BCUT2D eigenvalue weighted by Crippen LogP contribution is 2.31. The van der Waals surface area contributed by atoms with Gasteiger partial charge in [0, 0.05) is 49.6 Å². The largest absolute Gasteiger partial charge is 0.371 e. The van der Waals surface area contributed by atoms with Gasteiger partial charge in [-0.3, -0.25) is 14.5 Å². The Balaban J connectivity index is 1.44. The summed E-state index contributed by atoms with van der Waals surface area (Å²) in [6.45, 7) is 3.52. The molecule has 4 N–H and O–H groups in total. The number of carbonyl (C=O) groups excluding carboxylic acids is 1. The second-order valence-corrected chi connectivity index (χ2v) is 11.1. The first-order valence-electron chi connectivity index (χ1n) is 11.7. The number of nitrogens with one attached hydrogen (secondary N) is 2. The number of sulfonamides is 1. The number of nitrogens with two attached hydrogens (primary N) is 1. The van der Waals surface area contributed by atoms with Crippen LogP contribution < -0.4 is 20.7 Å². The number of rotatable bonds is 6. The first kappa shape index (κ1) is 24.2. The molecule has 5 rings (SSSR count). The van der Waals surface area contributed by atoms with Crippen molar-refractivity contribution in [2.75, 3.05) is 29.6 Å². The van der Waals surface area contributed by atoms with Crippen molar-refractivity contribution in [3.8, 4) is 0 Å². The summed E-state index contributed by atoms with van der Waals surface area (Å²) in [5.74, 6) is -0.0130. The molecule has 36 heavy (non-hydrogen) atoms. The predicted molar refractivity (Wildman–Crippen MR) is 137 cm³/mol. The van der Waals surface area contributed by atoms with E-state index in [0.717, 1.165) is 43.3 Å². The van der Waals surface area contributed by atoms with Gasteiger partial charge in [-0.05, 0) is 31.9 Å². The Morgan fingerprint density at radius 1 is 1.17 bits per heavy atom. The molecule has 13 heteroatoms. The molecule has 0 atom stereocenters. The molecule has 1 fully saturated rings. The zero-order chi connectivity index (χ0) is 25.6. The molecule has 0 bridgehead atoms. The van der Waals surface area contributed by atoms with Crippen LogP contribution in [0.4, 0.5) is 11.5 Å². The molecule has 12 nitrogen and oxygen atoms in total. The van der Waals surface area contributed by atoms with Gasteiger partial charge in [0.1, 0.15) is 5.52 Å². The second-order valence-electron chi connectivity index (χ2n) is 9.26. The monoisotopic (exact) mass is 511 g/mol. The van der Waals surface area contributed by atoms with Gasteiger partial charge in [0.15, 0.2) is 11.5 Å². The topological polar surface area (TPSA) is 153 Å². The summed E-state index contributed by atoms with van der Waals surface area (Å²) in [5, 5.41) is 8.33. The Morgan fingerprint density at radius 2 is 1.92 bits per heavy atom. The summed E-state index contributed by atoms with van der Waals surface area (Å²) in [6, 6.07) is 3.97. The van der Waals surface area contributed by atoms with E-state index in [2.05, 4.69) is 30.0 Å². The quantitative estimate of drug-likeness (QED) is 0.349. The van der Waals surface area contributed by atoms with E-state index in [0.29, 0.717) is 33.9 Å². The summed E-state index contributed by atoms with van der Waals surface area (Å²) >= 11 is 0. The van der Waals surface area contributed by atoms with Crippen molar-refractivity contribution in [3.05, 3.63) is 47.7 Å². The lowest BCUT2D eigenvalue weighted by Gasteiger charge is -2.32. The van der Waals surface area contributed by atoms with Gasteiger partial charge in [0.05, 0.1) is 35.9 Å². The zero-order valence-corrected chi connectivity index (χ0v) is 21.2. The number of nitrogens with zero attached hydrogens (tertiary/aromatic N) is 6. The lowest BCUT2D eigenvalue weighted by Crippen LogP contribution is -2.39. The minimum atomic E-state index is -3.40.